The Labute approximate surface area is 103 Å². The van der Waals surface area contributed by atoms with Gasteiger partial charge in [0.15, 0.2) is 0 Å². The summed E-state index contributed by atoms with van der Waals surface area (Å²) >= 11 is 1.92. The molecule has 90 valence electrons. The fourth-order valence-electron chi connectivity index (χ4n) is 1.45. The molecule has 1 atom stereocenters. The maximum atomic E-state index is 5.82. The van der Waals surface area contributed by atoms with E-state index in [1.165, 1.54) is 5.56 Å². The molecule has 0 amide bonds. The van der Waals surface area contributed by atoms with Crippen LogP contribution in [-0.4, -0.2) is 19.4 Å². The van der Waals surface area contributed by atoms with Crippen molar-refractivity contribution in [1.29, 1.82) is 0 Å². The molecule has 0 fully saturated rings. The molecule has 16 heavy (non-hydrogen) atoms. The molecule has 0 saturated carbocycles. The molecule has 0 aromatic heterocycles. The molecule has 1 rings (SSSR count). The lowest BCUT2D eigenvalue weighted by Gasteiger charge is -2.16. The van der Waals surface area contributed by atoms with Gasteiger partial charge >= 0.3 is 0 Å². The third-order valence-electron chi connectivity index (χ3n) is 2.31. The Morgan fingerprint density at radius 3 is 2.69 bits per heavy atom. The van der Waals surface area contributed by atoms with Crippen molar-refractivity contribution in [2.75, 3.05) is 19.4 Å². The molecular formula is C13H21NOS. The van der Waals surface area contributed by atoms with Crippen LogP contribution in [0.25, 0.3) is 0 Å². The molecule has 0 aliphatic rings. The Morgan fingerprint density at radius 2 is 2.12 bits per heavy atom. The van der Waals surface area contributed by atoms with E-state index < -0.39 is 0 Å². The molecule has 0 heterocycles. The molecule has 0 aliphatic carbocycles. The number of nitrogens with two attached hydrogens (primary N) is 1. The second-order valence-electron chi connectivity index (χ2n) is 4.23. The van der Waals surface area contributed by atoms with E-state index in [9.17, 15) is 0 Å². The first kappa shape index (κ1) is 13.4. The van der Waals surface area contributed by atoms with Crippen molar-refractivity contribution >= 4 is 11.8 Å². The average Bonchev–Trinajstić information content (AvgIpc) is 2.30. The summed E-state index contributed by atoms with van der Waals surface area (Å²) in [5.41, 5.74) is 7.08. The van der Waals surface area contributed by atoms with Crippen molar-refractivity contribution < 1.29 is 4.74 Å². The fourth-order valence-corrected chi connectivity index (χ4v) is 2.54. The van der Waals surface area contributed by atoms with Gasteiger partial charge in [0, 0.05) is 11.8 Å². The molecule has 2 N–H and O–H groups in total. The molecule has 0 aliphatic heterocycles. The van der Waals surface area contributed by atoms with Gasteiger partial charge in [0.05, 0.1) is 7.11 Å². The standard InChI is InChI=1S/C13H21NOS/c1-10(2)9-16-13(8-14)11-5-4-6-12(7-11)15-3/h4-7,10,13H,8-9,14H2,1-3H3. The van der Waals surface area contributed by atoms with Gasteiger partial charge in [-0.1, -0.05) is 26.0 Å². The van der Waals surface area contributed by atoms with Gasteiger partial charge in [-0.2, -0.15) is 11.8 Å². The molecule has 0 bridgehead atoms. The summed E-state index contributed by atoms with van der Waals surface area (Å²) in [7, 11) is 1.69. The van der Waals surface area contributed by atoms with E-state index in [0.29, 0.717) is 17.7 Å². The van der Waals surface area contributed by atoms with Gasteiger partial charge in [-0.3, -0.25) is 0 Å². The van der Waals surface area contributed by atoms with Crippen molar-refractivity contribution in [2.24, 2.45) is 11.7 Å². The van der Waals surface area contributed by atoms with E-state index in [1.807, 2.05) is 23.9 Å². The van der Waals surface area contributed by atoms with Crippen LogP contribution in [0.15, 0.2) is 24.3 Å². The molecule has 1 aromatic carbocycles. The molecule has 0 spiro atoms. The molecule has 1 aromatic rings. The number of methoxy groups -OCH3 is 1. The minimum absolute atomic E-state index is 0.373. The number of thioether (sulfide) groups is 1. The summed E-state index contributed by atoms with van der Waals surface area (Å²) in [4.78, 5) is 0. The van der Waals surface area contributed by atoms with Crippen molar-refractivity contribution in [3.05, 3.63) is 29.8 Å². The van der Waals surface area contributed by atoms with Crippen LogP contribution in [0.4, 0.5) is 0 Å². The minimum Gasteiger partial charge on any atom is -0.497 e. The highest BCUT2D eigenvalue weighted by atomic mass is 32.2. The maximum Gasteiger partial charge on any atom is 0.119 e. The third-order valence-corrected chi connectivity index (χ3v) is 4.04. The molecule has 0 radical (unpaired) electrons. The van der Waals surface area contributed by atoms with Crippen molar-refractivity contribution in [1.82, 2.24) is 0 Å². The predicted molar refractivity (Wildman–Crippen MR) is 72.1 cm³/mol. The van der Waals surface area contributed by atoms with Crippen molar-refractivity contribution in [3.63, 3.8) is 0 Å². The van der Waals surface area contributed by atoms with Gasteiger partial charge in [0.1, 0.15) is 5.75 Å². The van der Waals surface area contributed by atoms with E-state index in [4.69, 9.17) is 10.5 Å². The van der Waals surface area contributed by atoms with Gasteiger partial charge in [-0.25, -0.2) is 0 Å². The highest BCUT2D eigenvalue weighted by Crippen LogP contribution is 2.31. The van der Waals surface area contributed by atoms with E-state index in [2.05, 4.69) is 26.0 Å². The molecular weight excluding hydrogens is 218 g/mol. The topological polar surface area (TPSA) is 35.2 Å². The zero-order valence-electron chi connectivity index (χ0n) is 10.3. The number of benzene rings is 1. The Hall–Kier alpha value is -0.670. The van der Waals surface area contributed by atoms with Crippen LogP contribution in [0, 0.1) is 5.92 Å². The maximum absolute atomic E-state index is 5.82. The fraction of sp³-hybridized carbons (Fsp3) is 0.538. The summed E-state index contributed by atoms with van der Waals surface area (Å²) in [5.74, 6) is 2.74. The van der Waals surface area contributed by atoms with Crippen LogP contribution in [0.2, 0.25) is 0 Å². The Bertz CT molecular complexity index is 315. The van der Waals surface area contributed by atoms with Gasteiger partial charge in [-0.15, -0.1) is 0 Å². The average molecular weight is 239 g/mol. The van der Waals surface area contributed by atoms with E-state index in [0.717, 1.165) is 11.5 Å². The third kappa shape index (κ3) is 4.06. The van der Waals surface area contributed by atoms with Crippen LogP contribution in [0.1, 0.15) is 24.7 Å². The van der Waals surface area contributed by atoms with Crippen LogP contribution in [0.3, 0.4) is 0 Å². The van der Waals surface area contributed by atoms with Crippen molar-refractivity contribution in [2.45, 2.75) is 19.1 Å². The SMILES string of the molecule is COc1cccc(C(CN)SCC(C)C)c1. The molecule has 1 unspecified atom stereocenters. The van der Waals surface area contributed by atoms with Crippen LogP contribution < -0.4 is 10.5 Å². The lowest BCUT2D eigenvalue weighted by molar-refractivity contribution is 0.414. The summed E-state index contributed by atoms with van der Waals surface area (Å²) in [5, 5.41) is 0.373. The van der Waals surface area contributed by atoms with E-state index in [-0.39, 0.29) is 0 Å². The van der Waals surface area contributed by atoms with E-state index >= 15 is 0 Å². The number of ether oxygens (including phenoxy) is 1. The van der Waals surface area contributed by atoms with E-state index in [1.54, 1.807) is 7.11 Å². The summed E-state index contributed by atoms with van der Waals surface area (Å²) in [6, 6.07) is 8.18. The highest BCUT2D eigenvalue weighted by Gasteiger charge is 2.11. The van der Waals surface area contributed by atoms with Crippen molar-refractivity contribution in [3.8, 4) is 5.75 Å². The first-order chi connectivity index (χ1) is 7.67. The first-order valence-corrected chi connectivity index (χ1v) is 6.67. The Morgan fingerprint density at radius 1 is 1.38 bits per heavy atom. The minimum atomic E-state index is 0.373. The summed E-state index contributed by atoms with van der Waals surface area (Å²) in [6.45, 7) is 5.13. The quantitative estimate of drug-likeness (QED) is 0.828. The smallest absolute Gasteiger partial charge is 0.119 e. The first-order valence-electron chi connectivity index (χ1n) is 5.63. The van der Waals surface area contributed by atoms with Gasteiger partial charge in [0.2, 0.25) is 0 Å². The second kappa shape index (κ2) is 6.81. The number of hydrogen-bond donors (Lipinski definition) is 1. The zero-order valence-corrected chi connectivity index (χ0v) is 11.1. The second-order valence-corrected chi connectivity index (χ2v) is 5.46. The number of hydrogen-bond acceptors (Lipinski definition) is 3. The predicted octanol–water partition coefficient (Wildman–Crippen LogP) is 3.08. The largest absolute Gasteiger partial charge is 0.497 e. The van der Waals surface area contributed by atoms with Gasteiger partial charge in [0.25, 0.3) is 0 Å². The van der Waals surface area contributed by atoms with Crippen LogP contribution in [-0.2, 0) is 0 Å². The number of rotatable bonds is 6. The van der Waals surface area contributed by atoms with Crippen LogP contribution in [0.5, 0.6) is 5.75 Å². The Kier molecular flexibility index (Phi) is 5.71. The highest BCUT2D eigenvalue weighted by molar-refractivity contribution is 7.99. The lowest BCUT2D eigenvalue weighted by Crippen LogP contribution is -2.11. The normalized spacial score (nSPS) is 12.8. The van der Waals surface area contributed by atoms with Gasteiger partial charge in [-0.05, 0) is 29.4 Å². The summed E-state index contributed by atoms with van der Waals surface area (Å²) in [6.07, 6.45) is 0. The van der Waals surface area contributed by atoms with Gasteiger partial charge < -0.3 is 10.5 Å². The Balaban J connectivity index is 2.70. The molecule has 3 heteroatoms. The summed E-state index contributed by atoms with van der Waals surface area (Å²) < 4.78 is 5.23. The molecule has 2 nitrogen and oxygen atoms in total. The zero-order chi connectivity index (χ0) is 12.0. The lowest BCUT2D eigenvalue weighted by atomic mass is 10.1. The monoisotopic (exact) mass is 239 g/mol. The van der Waals surface area contributed by atoms with Crippen LogP contribution >= 0.6 is 11.8 Å². The molecule has 0 saturated heterocycles.